The van der Waals surface area contributed by atoms with Crippen LogP contribution in [-0.2, 0) is 15.6 Å². The molecule has 21 heavy (non-hydrogen) atoms. The number of para-hydroxylation sites is 2. The number of nitro groups is 1. The minimum Gasteiger partial charge on any atom is -0.381 e. The van der Waals surface area contributed by atoms with Crippen LogP contribution in [0, 0.1) is 16.0 Å². The molecule has 0 bridgehead atoms. The minimum absolute atomic E-state index is 0.138. The summed E-state index contributed by atoms with van der Waals surface area (Å²) in [6.07, 6.45) is 2.04. The highest BCUT2D eigenvalue weighted by Crippen LogP contribution is 2.24. The SMILES string of the molecule is N[SH](=O)=O.O=[N+]([O-])c1ccccc1NCC1CCOCC1. The maximum atomic E-state index is 10.8. The topological polar surface area (TPSA) is 125 Å². The van der Waals surface area contributed by atoms with Gasteiger partial charge >= 0.3 is 0 Å². The second kappa shape index (κ2) is 9.27. The van der Waals surface area contributed by atoms with Crippen molar-refractivity contribution in [3.63, 3.8) is 0 Å². The fraction of sp³-hybridized carbons (Fsp3) is 0.500. The van der Waals surface area contributed by atoms with Gasteiger partial charge in [-0.2, -0.15) is 0 Å². The molecule has 1 fully saturated rings. The zero-order valence-corrected chi connectivity index (χ0v) is 12.3. The number of thiol groups is 1. The molecule has 0 spiro atoms. The van der Waals surface area contributed by atoms with Crippen LogP contribution in [0.5, 0.6) is 0 Å². The summed E-state index contributed by atoms with van der Waals surface area (Å²) < 4.78 is 22.9. The van der Waals surface area contributed by atoms with E-state index in [0.717, 1.165) is 32.6 Å². The number of nitrogens with two attached hydrogens (primary N) is 1. The molecule has 1 heterocycles. The summed E-state index contributed by atoms with van der Waals surface area (Å²) in [6.45, 7) is 2.36. The Kier molecular flexibility index (Phi) is 7.65. The normalized spacial score (nSPS) is 15.1. The molecule has 1 aliphatic heterocycles. The van der Waals surface area contributed by atoms with Gasteiger partial charge in [0.1, 0.15) is 5.69 Å². The second-order valence-corrected chi connectivity index (χ2v) is 5.07. The quantitative estimate of drug-likeness (QED) is 0.430. The van der Waals surface area contributed by atoms with Crippen LogP contribution in [0.25, 0.3) is 0 Å². The van der Waals surface area contributed by atoms with Gasteiger partial charge in [-0.1, -0.05) is 12.1 Å². The molecule has 1 saturated heterocycles. The Bertz CT molecular complexity index is 521. The molecule has 0 aromatic heterocycles. The van der Waals surface area contributed by atoms with E-state index in [1.807, 2.05) is 0 Å². The van der Waals surface area contributed by atoms with Crippen LogP contribution in [-0.4, -0.2) is 33.1 Å². The van der Waals surface area contributed by atoms with Crippen molar-refractivity contribution < 1.29 is 18.1 Å². The summed E-state index contributed by atoms with van der Waals surface area (Å²) in [6, 6.07) is 6.75. The number of nitro benzene ring substituents is 1. The molecule has 1 aliphatic rings. The largest absolute Gasteiger partial charge is 0.381 e. The second-order valence-electron chi connectivity index (χ2n) is 4.50. The van der Waals surface area contributed by atoms with Crippen molar-refractivity contribution in [1.82, 2.24) is 0 Å². The van der Waals surface area contributed by atoms with Crippen molar-refractivity contribution in [3.8, 4) is 0 Å². The van der Waals surface area contributed by atoms with E-state index in [9.17, 15) is 10.1 Å². The van der Waals surface area contributed by atoms with Gasteiger partial charge in [0.25, 0.3) is 5.69 Å². The number of hydrogen-bond acceptors (Lipinski definition) is 6. The van der Waals surface area contributed by atoms with Gasteiger partial charge in [0.15, 0.2) is 10.9 Å². The molecule has 0 unspecified atom stereocenters. The van der Waals surface area contributed by atoms with E-state index in [2.05, 4.69) is 10.5 Å². The Hall–Kier alpha value is -1.71. The van der Waals surface area contributed by atoms with Crippen LogP contribution in [0.3, 0.4) is 0 Å². The van der Waals surface area contributed by atoms with E-state index in [0.29, 0.717) is 11.6 Å². The van der Waals surface area contributed by atoms with E-state index in [1.54, 1.807) is 18.2 Å². The van der Waals surface area contributed by atoms with E-state index < -0.39 is 10.9 Å². The highest BCUT2D eigenvalue weighted by Gasteiger charge is 2.16. The monoisotopic (exact) mass is 317 g/mol. The average Bonchev–Trinajstić information content (AvgIpc) is 2.46. The summed E-state index contributed by atoms with van der Waals surface area (Å²) >= 11 is 0. The molecule has 3 N–H and O–H groups in total. The van der Waals surface area contributed by atoms with Crippen LogP contribution in [0.15, 0.2) is 24.3 Å². The first-order valence-corrected chi connectivity index (χ1v) is 7.69. The Balaban J connectivity index is 0.000000491. The van der Waals surface area contributed by atoms with E-state index in [1.165, 1.54) is 6.07 Å². The predicted molar refractivity (Wildman–Crippen MR) is 79.6 cm³/mol. The van der Waals surface area contributed by atoms with Crippen molar-refractivity contribution in [1.29, 1.82) is 0 Å². The molecule has 9 heteroatoms. The van der Waals surface area contributed by atoms with Gasteiger partial charge in [-0.25, -0.2) is 13.6 Å². The lowest BCUT2D eigenvalue weighted by atomic mass is 10.0. The third-order valence-electron chi connectivity index (χ3n) is 3.02. The van der Waals surface area contributed by atoms with Gasteiger partial charge in [0.2, 0.25) is 0 Å². The summed E-state index contributed by atoms with van der Waals surface area (Å²) in [4.78, 5) is 10.5. The number of nitrogens with one attached hydrogen (secondary N) is 1. The fourth-order valence-corrected chi connectivity index (χ4v) is 1.99. The molecule has 1 aromatic carbocycles. The third-order valence-corrected chi connectivity index (χ3v) is 3.02. The fourth-order valence-electron chi connectivity index (χ4n) is 1.99. The van der Waals surface area contributed by atoms with Crippen LogP contribution in [0.1, 0.15) is 12.8 Å². The Morgan fingerprint density at radius 2 is 1.90 bits per heavy atom. The molecule has 0 aliphatic carbocycles. The van der Waals surface area contributed by atoms with Gasteiger partial charge < -0.3 is 10.1 Å². The van der Waals surface area contributed by atoms with Crippen molar-refractivity contribution in [2.45, 2.75) is 12.8 Å². The maximum absolute atomic E-state index is 10.8. The number of rotatable bonds is 4. The maximum Gasteiger partial charge on any atom is 0.292 e. The Labute approximate surface area is 124 Å². The van der Waals surface area contributed by atoms with Crippen LogP contribution in [0.4, 0.5) is 11.4 Å². The first kappa shape index (κ1) is 17.3. The van der Waals surface area contributed by atoms with Crippen molar-refractivity contribution in [2.75, 3.05) is 25.1 Å². The molecule has 118 valence electrons. The van der Waals surface area contributed by atoms with E-state index in [-0.39, 0.29) is 10.6 Å². The lowest BCUT2D eigenvalue weighted by Gasteiger charge is -2.22. The number of nitrogens with zero attached hydrogens (tertiary/aromatic N) is 1. The number of benzene rings is 1. The summed E-state index contributed by atoms with van der Waals surface area (Å²) in [7, 11) is -2.62. The van der Waals surface area contributed by atoms with E-state index in [4.69, 9.17) is 13.2 Å². The van der Waals surface area contributed by atoms with Gasteiger partial charge in [0.05, 0.1) is 4.92 Å². The van der Waals surface area contributed by atoms with Gasteiger partial charge in [-0.15, -0.1) is 0 Å². The standard InChI is InChI=1S/C12H16N2O3.H3NO2S/c15-14(16)12-4-2-1-3-11(12)13-9-10-5-7-17-8-6-10;1-4(2)3/h1-4,10,13H,5-9H2;4H,(H2,1,2,3). The van der Waals surface area contributed by atoms with Crippen molar-refractivity contribution in [3.05, 3.63) is 34.4 Å². The highest BCUT2D eigenvalue weighted by atomic mass is 32.2. The summed E-state index contributed by atoms with van der Waals surface area (Å²) in [5.41, 5.74) is 0.739. The minimum atomic E-state index is -2.62. The van der Waals surface area contributed by atoms with Crippen LogP contribution < -0.4 is 10.5 Å². The summed E-state index contributed by atoms with van der Waals surface area (Å²) in [5.74, 6) is 0.545. The Morgan fingerprint density at radius 3 is 2.48 bits per heavy atom. The number of hydrogen-bond donors (Lipinski definition) is 3. The van der Waals surface area contributed by atoms with E-state index >= 15 is 0 Å². The Morgan fingerprint density at radius 1 is 1.33 bits per heavy atom. The van der Waals surface area contributed by atoms with Crippen molar-refractivity contribution >= 4 is 22.3 Å². The van der Waals surface area contributed by atoms with Crippen molar-refractivity contribution in [2.24, 2.45) is 11.1 Å². The van der Waals surface area contributed by atoms with Crippen LogP contribution >= 0.6 is 0 Å². The molecule has 2 rings (SSSR count). The first-order chi connectivity index (χ1) is 10.0. The van der Waals surface area contributed by atoms with Gasteiger partial charge in [-0.3, -0.25) is 10.1 Å². The average molecular weight is 317 g/mol. The highest BCUT2D eigenvalue weighted by molar-refractivity contribution is 7.69. The van der Waals surface area contributed by atoms with Crippen LogP contribution in [0.2, 0.25) is 0 Å². The smallest absolute Gasteiger partial charge is 0.292 e. The van der Waals surface area contributed by atoms with Gasteiger partial charge in [-0.05, 0) is 24.8 Å². The molecule has 8 nitrogen and oxygen atoms in total. The molecule has 0 saturated carbocycles. The number of anilines is 1. The van der Waals surface area contributed by atoms with Gasteiger partial charge in [0, 0.05) is 25.8 Å². The lowest BCUT2D eigenvalue weighted by molar-refractivity contribution is -0.384. The molecule has 1 aromatic rings. The first-order valence-electron chi connectivity index (χ1n) is 6.45. The molecular weight excluding hydrogens is 298 g/mol. The molecule has 0 amide bonds. The summed E-state index contributed by atoms with van der Waals surface area (Å²) in [5, 5.41) is 18.1. The zero-order valence-electron chi connectivity index (χ0n) is 11.4. The number of ether oxygens (including phenoxy) is 1. The lowest BCUT2D eigenvalue weighted by Crippen LogP contribution is -2.22. The third kappa shape index (κ3) is 7.02. The molecule has 0 radical (unpaired) electrons. The molecular formula is C12H19N3O5S. The molecule has 0 atom stereocenters. The predicted octanol–water partition coefficient (Wildman–Crippen LogP) is 0.905. The zero-order chi connectivity index (χ0) is 15.7.